The third kappa shape index (κ3) is 4.64. The van der Waals surface area contributed by atoms with Crippen molar-refractivity contribution < 1.29 is 4.42 Å². The Hall–Kier alpha value is -3.33. The number of aryl methyl sites for hydroxylation is 1. The van der Waals surface area contributed by atoms with Gasteiger partial charge in [0, 0.05) is 35.7 Å². The summed E-state index contributed by atoms with van der Waals surface area (Å²) in [6, 6.07) is 0. The van der Waals surface area contributed by atoms with E-state index >= 15 is 0 Å². The molecular formula is C24H26N2O. The van der Waals surface area contributed by atoms with Gasteiger partial charge in [-0.3, -0.25) is 0 Å². The molecule has 2 rings (SSSR count). The summed E-state index contributed by atoms with van der Waals surface area (Å²) in [4.78, 5) is 6.61. The lowest BCUT2D eigenvalue weighted by Crippen LogP contribution is -2.16. The molecule has 3 heteroatoms. The van der Waals surface area contributed by atoms with E-state index in [4.69, 9.17) is 4.42 Å². The van der Waals surface area contributed by atoms with Gasteiger partial charge in [-0.15, -0.1) is 0 Å². The summed E-state index contributed by atoms with van der Waals surface area (Å²) in [6.45, 7) is 17.5. The van der Waals surface area contributed by atoms with Crippen molar-refractivity contribution in [1.82, 2.24) is 9.88 Å². The van der Waals surface area contributed by atoms with Crippen molar-refractivity contribution in [2.45, 2.75) is 20.8 Å². The molecule has 0 aromatic carbocycles. The Morgan fingerprint density at radius 1 is 1.15 bits per heavy atom. The fourth-order valence-corrected chi connectivity index (χ4v) is 2.73. The predicted molar refractivity (Wildman–Crippen MR) is 115 cm³/mol. The van der Waals surface area contributed by atoms with Crippen LogP contribution in [-0.4, -0.2) is 9.88 Å². The zero-order valence-electron chi connectivity index (χ0n) is 16.3. The molecule has 0 amide bonds. The standard InChI is InChI=1S/C24H26N2O/c1-7-11-14-22(10-4)26-17-21(16-15-18(26)5)24-23(25-19(6)27-24)20(12-8-2)13-9-3/h7-17H,1-2,5H2,3-4,6H3/b13-9-,14-11-,20-12+,22-10+. The van der Waals surface area contributed by atoms with Gasteiger partial charge < -0.3 is 9.32 Å². The molecule has 0 atom stereocenters. The van der Waals surface area contributed by atoms with Crippen LogP contribution in [0.25, 0.3) is 11.1 Å². The van der Waals surface area contributed by atoms with Crippen LogP contribution in [0.3, 0.4) is 0 Å². The van der Waals surface area contributed by atoms with E-state index in [1.165, 1.54) is 0 Å². The fourth-order valence-electron chi connectivity index (χ4n) is 2.73. The maximum Gasteiger partial charge on any atom is 0.192 e. The first-order chi connectivity index (χ1) is 13.0. The lowest BCUT2D eigenvalue weighted by molar-refractivity contribution is 0.507. The third-order valence-corrected chi connectivity index (χ3v) is 3.92. The molecular weight excluding hydrogens is 332 g/mol. The zero-order chi connectivity index (χ0) is 19.8. The van der Waals surface area contributed by atoms with E-state index in [1.54, 1.807) is 12.2 Å². The van der Waals surface area contributed by atoms with Gasteiger partial charge in [0.15, 0.2) is 11.7 Å². The summed E-state index contributed by atoms with van der Waals surface area (Å²) in [6.07, 6.45) is 21.3. The highest BCUT2D eigenvalue weighted by molar-refractivity contribution is 5.84. The second-order valence-electron chi connectivity index (χ2n) is 5.86. The predicted octanol–water partition coefficient (Wildman–Crippen LogP) is 6.50. The molecule has 0 aliphatic carbocycles. The topological polar surface area (TPSA) is 29.3 Å². The van der Waals surface area contributed by atoms with Crippen LogP contribution in [0.5, 0.6) is 0 Å². The molecule has 0 spiro atoms. The Morgan fingerprint density at radius 2 is 1.93 bits per heavy atom. The van der Waals surface area contributed by atoms with Gasteiger partial charge in [-0.2, -0.15) is 0 Å². The van der Waals surface area contributed by atoms with Crippen molar-refractivity contribution in [3.05, 3.63) is 115 Å². The van der Waals surface area contributed by atoms with Crippen molar-refractivity contribution in [2.24, 2.45) is 0 Å². The summed E-state index contributed by atoms with van der Waals surface area (Å²) < 4.78 is 5.96. The maximum absolute atomic E-state index is 5.96. The van der Waals surface area contributed by atoms with Gasteiger partial charge in [0.05, 0.1) is 0 Å². The Kier molecular flexibility index (Phi) is 6.95. The normalized spacial score (nSPS) is 15.7. The molecule has 0 bridgehead atoms. The van der Waals surface area contributed by atoms with Crippen LogP contribution in [0.1, 0.15) is 31.2 Å². The highest BCUT2D eigenvalue weighted by Gasteiger charge is 2.20. The summed E-state index contributed by atoms with van der Waals surface area (Å²) in [7, 11) is 0. The molecule has 138 valence electrons. The first-order valence-electron chi connectivity index (χ1n) is 8.82. The van der Waals surface area contributed by atoms with E-state index in [2.05, 4.69) is 24.7 Å². The van der Waals surface area contributed by atoms with E-state index in [1.807, 2.05) is 80.5 Å². The minimum absolute atomic E-state index is 0.613. The average Bonchev–Trinajstić information content (AvgIpc) is 3.05. The maximum atomic E-state index is 5.96. The summed E-state index contributed by atoms with van der Waals surface area (Å²) in [5.74, 6) is 1.33. The van der Waals surface area contributed by atoms with Gasteiger partial charge in [-0.25, -0.2) is 4.98 Å². The average molecular weight is 358 g/mol. The van der Waals surface area contributed by atoms with Crippen molar-refractivity contribution in [3.8, 4) is 0 Å². The van der Waals surface area contributed by atoms with Crippen molar-refractivity contribution in [3.63, 3.8) is 0 Å². The second-order valence-corrected chi connectivity index (χ2v) is 5.86. The number of nitrogens with zero attached hydrogens (tertiary/aromatic N) is 2. The first-order valence-corrected chi connectivity index (χ1v) is 8.82. The van der Waals surface area contributed by atoms with Crippen LogP contribution in [-0.2, 0) is 0 Å². The zero-order valence-corrected chi connectivity index (χ0v) is 16.3. The minimum atomic E-state index is 0.613. The molecule has 0 radical (unpaired) electrons. The number of hydrogen-bond acceptors (Lipinski definition) is 3. The number of hydrogen-bond donors (Lipinski definition) is 0. The van der Waals surface area contributed by atoms with E-state index in [-0.39, 0.29) is 0 Å². The molecule has 1 aliphatic rings. The van der Waals surface area contributed by atoms with Crippen LogP contribution >= 0.6 is 0 Å². The highest BCUT2D eigenvalue weighted by atomic mass is 16.4. The summed E-state index contributed by atoms with van der Waals surface area (Å²) in [5, 5.41) is 0. The quantitative estimate of drug-likeness (QED) is 0.521. The summed E-state index contributed by atoms with van der Waals surface area (Å²) in [5.41, 5.74) is 4.52. The van der Waals surface area contributed by atoms with Gasteiger partial charge in [0.25, 0.3) is 0 Å². The molecule has 2 heterocycles. The smallest absolute Gasteiger partial charge is 0.192 e. The molecule has 1 aliphatic heterocycles. The van der Waals surface area contributed by atoms with Gasteiger partial charge in [-0.1, -0.05) is 62.3 Å². The van der Waals surface area contributed by atoms with Gasteiger partial charge in [-0.05, 0) is 32.1 Å². The number of rotatable bonds is 7. The Morgan fingerprint density at radius 3 is 2.56 bits per heavy atom. The number of oxazole rings is 1. The Balaban J connectivity index is 2.56. The molecule has 27 heavy (non-hydrogen) atoms. The highest BCUT2D eigenvalue weighted by Crippen LogP contribution is 2.32. The number of allylic oxidation sites excluding steroid dienone is 12. The molecule has 0 saturated heterocycles. The van der Waals surface area contributed by atoms with Crippen LogP contribution < -0.4 is 0 Å². The molecule has 0 fully saturated rings. The lowest BCUT2D eigenvalue weighted by atomic mass is 10.0. The van der Waals surface area contributed by atoms with E-state index in [0.717, 1.165) is 34.0 Å². The molecule has 0 N–H and O–H groups in total. The van der Waals surface area contributed by atoms with Gasteiger partial charge >= 0.3 is 0 Å². The van der Waals surface area contributed by atoms with Gasteiger partial charge in [0.1, 0.15) is 5.69 Å². The van der Waals surface area contributed by atoms with Crippen molar-refractivity contribution >= 4 is 11.1 Å². The minimum Gasteiger partial charge on any atom is -0.440 e. The lowest BCUT2D eigenvalue weighted by Gasteiger charge is -2.26. The van der Waals surface area contributed by atoms with Gasteiger partial charge in [0.2, 0.25) is 0 Å². The van der Waals surface area contributed by atoms with E-state index in [0.29, 0.717) is 5.89 Å². The second kappa shape index (κ2) is 9.39. The van der Waals surface area contributed by atoms with E-state index in [9.17, 15) is 0 Å². The molecule has 0 unspecified atom stereocenters. The molecule has 1 aromatic heterocycles. The van der Waals surface area contributed by atoms with Crippen LogP contribution in [0.15, 0.2) is 103 Å². The van der Waals surface area contributed by atoms with Crippen LogP contribution in [0, 0.1) is 6.92 Å². The largest absolute Gasteiger partial charge is 0.440 e. The SMILES string of the molecule is C=C/C=C\C(=C/C)N1C=C(c2oc(C)nc2C(/C=C\C)=C/C=C)C=CC1=C. The van der Waals surface area contributed by atoms with Crippen molar-refractivity contribution in [2.75, 3.05) is 0 Å². The van der Waals surface area contributed by atoms with Crippen molar-refractivity contribution in [1.29, 1.82) is 0 Å². The third-order valence-electron chi connectivity index (χ3n) is 3.92. The fraction of sp³-hybridized carbons (Fsp3) is 0.125. The molecule has 1 aromatic rings. The van der Waals surface area contributed by atoms with E-state index < -0.39 is 0 Å². The first kappa shape index (κ1) is 20.0. The molecule has 0 saturated carbocycles. The Labute approximate surface area is 162 Å². The summed E-state index contributed by atoms with van der Waals surface area (Å²) >= 11 is 0. The molecule has 3 nitrogen and oxygen atoms in total. The number of aromatic nitrogens is 1. The van der Waals surface area contributed by atoms with Crippen LogP contribution in [0.4, 0.5) is 0 Å². The Bertz CT molecular complexity index is 914. The monoisotopic (exact) mass is 358 g/mol. The van der Waals surface area contributed by atoms with Crippen LogP contribution in [0.2, 0.25) is 0 Å².